The Morgan fingerprint density at radius 3 is 2.79 bits per heavy atom. The maximum absolute atomic E-state index is 3.97. The van der Waals surface area contributed by atoms with Gasteiger partial charge in [-0.1, -0.05) is 6.08 Å². The van der Waals surface area contributed by atoms with Gasteiger partial charge in [-0.15, -0.1) is 15.3 Å². The van der Waals surface area contributed by atoms with E-state index < -0.39 is 0 Å². The van der Waals surface area contributed by atoms with E-state index in [9.17, 15) is 0 Å². The molecule has 0 spiro atoms. The second kappa shape index (κ2) is 3.73. The van der Waals surface area contributed by atoms with Gasteiger partial charge in [0.15, 0.2) is 5.82 Å². The van der Waals surface area contributed by atoms with Crippen molar-refractivity contribution in [3.63, 3.8) is 0 Å². The zero-order valence-electron chi connectivity index (χ0n) is 7.57. The molecule has 0 amide bonds. The largest absolute Gasteiger partial charge is 0.180 e. The van der Waals surface area contributed by atoms with Crippen LogP contribution in [0.4, 0.5) is 0 Å². The van der Waals surface area contributed by atoms with Gasteiger partial charge in [-0.25, -0.2) is 0 Å². The lowest BCUT2D eigenvalue weighted by atomic mass is 10.3. The lowest BCUT2D eigenvalue weighted by Crippen LogP contribution is -2.00. The van der Waals surface area contributed by atoms with E-state index in [0.717, 1.165) is 5.69 Å². The molecule has 0 radical (unpaired) electrons. The van der Waals surface area contributed by atoms with Crippen LogP contribution in [0, 0.1) is 0 Å². The summed E-state index contributed by atoms with van der Waals surface area (Å²) in [5, 5.41) is 18.6. The van der Waals surface area contributed by atoms with Crippen LogP contribution in [0.5, 0.6) is 0 Å². The molecule has 0 saturated heterocycles. The number of hydrogen-bond donors (Lipinski definition) is 0. The maximum Gasteiger partial charge on any atom is 0.179 e. The van der Waals surface area contributed by atoms with Crippen LogP contribution in [-0.4, -0.2) is 30.4 Å². The minimum absolute atomic E-state index is 0.600. The normalized spacial score (nSPS) is 10.9. The zero-order valence-corrected chi connectivity index (χ0v) is 7.57. The van der Waals surface area contributed by atoms with Gasteiger partial charge >= 0.3 is 0 Å². The summed E-state index contributed by atoms with van der Waals surface area (Å²) in [6.07, 6.45) is 5.25. The number of hydrogen-bond acceptors (Lipinski definition) is 5. The first kappa shape index (κ1) is 8.49. The summed E-state index contributed by atoms with van der Waals surface area (Å²) in [4.78, 5) is 0. The Bertz CT molecular complexity index is 416. The molecule has 0 saturated carbocycles. The highest BCUT2D eigenvalue weighted by Crippen LogP contribution is 2.01. The van der Waals surface area contributed by atoms with Gasteiger partial charge in [0.25, 0.3) is 0 Å². The standard InChI is InChI=1S/C8H8N6/c1-2-3-7-4-5-8(11-10-7)14-6-9-12-13-14/h2-6H,1H3. The van der Waals surface area contributed by atoms with Crippen molar-refractivity contribution in [3.8, 4) is 5.82 Å². The van der Waals surface area contributed by atoms with Gasteiger partial charge < -0.3 is 0 Å². The molecule has 0 aliphatic carbocycles. The van der Waals surface area contributed by atoms with E-state index in [1.54, 1.807) is 6.07 Å². The highest BCUT2D eigenvalue weighted by molar-refractivity contribution is 5.43. The quantitative estimate of drug-likeness (QED) is 0.685. The van der Waals surface area contributed by atoms with Crippen LogP contribution >= 0.6 is 0 Å². The fourth-order valence-corrected chi connectivity index (χ4v) is 0.984. The lowest BCUT2D eigenvalue weighted by Gasteiger charge is -1.96. The Hall–Kier alpha value is -2.11. The third-order valence-electron chi connectivity index (χ3n) is 1.59. The molecule has 0 bridgehead atoms. The highest BCUT2D eigenvalue weighted by atomic mass is 15.5. The van der Waals surface area contributed by atoms with Crippen LogP contribution in [0.25, 0.3) is 11.9 Å². The van der Waals surface area contributed by atoms with Crippen LogP contribution in [-0.2, 0) is 0 Å². The molecule has 2 rings (SSSR count). The van der Waals surface area contributed by atoms with E-state index in [0.29, 0.717) is 5.82 Å². The maximum atomic E-state index is 3.97. The van der Waals surface area contributed by atoms with Crippen molar-refractivity contribution in [2.75, 3.05) is 0 Å². The first-order chi connectivity index (χ1) is 6.90. The van der Waals surface area contributed by atoms with Gasteiger partial charge in [0.2, 0.25) is 0 Å². The third kappa shape index (κ3) is 1.63. The molecule has 6 nitrogen and oxygen atoms in total. The molecule has 0 atom stereocenters. The van der Waals surface area contributed by atoms with E-state index in [1.165, 1.54) is 11.0 Å². The van der Waals surface area contributed by atoms with E-state index in [4.69, 9.17) is 0 Å². The van der Waals surface area contributed by atoms with Gasteiger partial charge in [0.05, 0.1) is 5.69 Å². The molecular formula is C8H8N6. The minimum Gasteiger partial charge on any atom is -0.180 e. The fourth-order valence-electron chi connectivity index (χ4n) is 0.984. The molecule has 6 heteroatoms. The summed E-state index contributed by atoms with van der Waals surface area (Å²) in [7, 11) is 0. The number of tetrazole rings is 1. The van der Waals surface area contributed by atoms with Gasteiger partial charge in [0, 0.05) is 0 Å². The van der Waals surface area contributed by atoms with Crippen molar-refractivity contribution in [2.24, 2.45) is 0 Å². The van der Waals surface area contributed by atoms with Crippen molar-refractivity contribution < 1.29 is 0 Å². The molecule has 0 unspecified atom stereocenters. The molecule has 2 aromatic rings. The van der Waals surface area contributed by atoms with Crippen LogP contribution in [0.1, 0.15) is 12.6 Å². The summed E-state index contributed by atoms with van der Waals surface area (Å²) in [5.74, 6) is 0.600. The first-order valence-corrected chi connectivity index (χ1v) is 4.10. The summed E-state index contributed by atoms with van der Waals surface area (Å²) < 4.78 is 1.45. The Kier molecular flexibility index (Phi) is 2.26. The van der Waals surface area contributed by atoms with Crippen molar-refractivity contribution in [1.82, 2.24) is 30.4 Å². The summed E-state index contributed by atoms with van der Waals surface area (Å²) in [5.41, 5.74) is 0.810. The van der Waals surface area contributed by atoms with Crippen molar-refractivity contribution in [2.45, 2.75) is 6.92 Å². The molecule has 14 heavy (non-hydrogen) atoms. The van der Waals surface area contributed by atoms with E-state index in [2.05, 4.69) is 25.7 Å². The monoisotopic (exact) mass is 188 g/mol. The minimum atomic E-state index is 0.600. The Balaban J connectivity index is 2.31. The van der Waals surface area contributed by atoms with E-state index in [1.807, 2.05) is 25.1 Å². The number of aromatic nitrogens is 6. The first-order valence-electron chi connectivity index (χ1n) is 4.10. The molecule has 2 aromatic heterocycles. The average Bonchev–Trinajstić information content (AvgIpc) is 2.72. The highest BCUT2D eigenvalue weighted by Gasteiger charge is 1.98. The second-order valence-corrected chi connectivity index (χ2v) is 2.57. The lowest BCUT2D eigenvalue weighted by molar-refractivity contribution is 0.754. The topological polar surface area (TPSA) is 69.4 Å². The Morgan fingerprint density at radius 1 is 1.29 bits per heavy atom. The molecule has 0 fully saturated rings. The van der Waals surface area contributed by atoms with Crippen molar-refractivity contribution >= 4 is 6.08 Å². The number of rotatable bonds is 2. The van der Waals surface area contributed by atoms with E-state index in [-0.39, 0.29) is 0 Å². The third-order valence-corrected chi connectivity index (χ3v) is 1.59. The van der Waals surface area contributed by atoms with E-state index >= 15 is 0 Å². The van der Waals surface area contributed by atoms with Crippen LogP contribution < -0.4 is 0 Å². The Labute approximate surface area is 80.3 Å². The van der Waals surface area contributed by atoms with Crippen molar-refractivity contribution in [3.05, 3.63) is 30.2 Å². The zero-order chi connectivity index (χ0) is 9.80. The SMILES string of the molecule is CC=Cc1ccc(-n2cnnn2)nn1. The smallest absolute Gasteiger partial charge is 0.179 e. The molecule has 0 aromatic carbocycles. The van der Waals surface area contributed by atoms with Gasteiger partial charge in [-0.3, -0.25) is 0 Å². The molecule has 70 valence electrons. The summed E-state index contributed by atoms with van der Waals surface area (Å²) in [6.45, 7) is 1.93. The van der Waals surface area contributed by atoms with Gasteiger partial charge in [0.1, 0.15) is 6.33 Å². The molecule has 0 aliphatic rings. The number of allylic oxidation sites excluding steroid dienone is 1. The van der Waals surface area contributed by atoms with Gasteiger partial charge in [-0.2, -0.15) is 4.68 Å². The summed E-state index contributed by atoms with van der Waals surface area (Å²) >= 11 is 0. The predicted molar refractivity (Wildman–Crippen MR) is 49.5 cm³/mol. The number of nitrogens with zero attached hydrogens (tertiary/aromatic N) is 6. The molecule has 0 aliphatic heterocycles. The predicted octanol–water partition coefficient (Wildman–Crippen LogP) is 0.485. The van der Waals surface area contributed by atoms with Crippen LogP contribution in [0.2, 0.25) is 0 Å². The average molecular weight is 188 g/mol. The molecular weight excluding hydrogens is 180 g/mol. The molecule has 0 N–H and O–H groups in total. The Morgan fingerprint density at radius 2 is 2.21 bits per heavy atom. The molecule has 2 heterocycles. The summed E-state index contributed by atoms with van der Waals surface area (Å²) in [6, 6.07) is 3.66. The fraction of sp³-hybridized carbons (Fsp3) is 0.125. The van der Waals surface area contributed by atoms with Crippen LogP contribution in [0.3, 0.4) is 0 Å². The van der Waals surface area contributed by atoms with Crippen LogP contribution in [0.15, 0.2) is 24.5 Å². The second-order valence-electron chi connectivity index (χ2n) is 2.57. The van der Waals surface area contributed by atoms with Crippen molar-refractivity contribution in [1.29, 1.82) is 0 Å². The van der Waals surface area contributed by atoms with Gasteiger partial charge in [-0.05, 0) is 35.6 Å².